The smallest absolute Gasteiger partial charge is 0.0981 e. The fraction of sp³-hybridized carbons (Fsp3) is 0.417. The van der Waals surface area contributed by atoms with Gasteiger partial charge in [0.1, 0.15) is 0 Å². The van der Waals surface area contributed by atoms with Crippen molar-refractivity contribution in [3.05, 3.63) is 35.9 Å². The molecule has 1 unspecified atom stereocenters. The molecular formula is C12H15NO2. The second-order valence-electron chi connectivity index (χ2n) is 3.81. The number of benzene rings is 1. The molecule has 80 valence electrons. The lowest BCUT2D eigenvalue weighted by Crippen LogP contribution is -2.29. The maximum absolute atomic E-state index is 9.64. The first-order valence-electron chi connectivity index (χ1n) is 4.85. The lowest BCUT2D eigenvalue weighted by molar-refractivity contribution is -0.0361. The number of aliphatic hydroxyl groups is 1. The van der Waals surface area contributed by atoms with Crippen molar-refractivity contribution < 1.29 is 9.84 Å². The van der Waals surface area contributed by atoms with E-state index in [0.29, 0.717) is 6.61 Å². The standard InChI is InChI=1S/C12H15NO2/c1-12(14,7-8-13)10-15-9-11-5-3-2-4-6-11/h2-6,14H,7,9-10H2,1H3. The minimum absolute atomic E-state index is 0.0851. The van der Waals surface area contributed by atoms with E-state index in [2.05, 4.69) is 0 Å². The van der Waals surface area contributed by atoms with E-state index >= 15 is 0 Å². The first kappa shape index (κ1) is 11.7. The molecule has 0 heterocycles. The number of rotatable bonds is 5. The fourth-order valence-corrected chi connectivity index (χ4v) is 1.18. The van der Waals surface area contributed by atoms with E-state index in [-0.39, 0.29) is 13.0 Å². The third kappa shape index (κ3) is 4.59. The largest absolute Gasteiger partial charge is 0.387 e. The molecule has 0 bridgehead atoms. The van der Waals surface area contributed by atoms with Gasteiger partial charge in [-0.05, 0) is 12.5 Å². The number of hydrogen-bond donors (Lipinski definition) is 1. The van der Waals surface area contributed by atoms with Crippen LogP contribution in [0.3, 0.4) is 0 Å². The summed E-state index contributed by atoms with van der Waals surface area (Å²) in [6, 6.07) is 11.7. The summed E-state index contributed by atoms with van der Waals surface area (Å²) < 4.78 is 5.34. The second kappa shape index (κ2) is 5.50. The molecule has 0 fully saturated rings. The zero-order valence-corrected chi connectivity index (χ0v) is 8.81. The van der Waals surface area contributed by atoms with E-state index in [9.17, 15) is 5.11 Å². The van der Waals surface area contributed by atoms with Crippen LogP contribution in [0.15, 0.2) is 30.3 Å². The molecule has 0 aliphatic rings. The molecule has 0 saturated heterocycles. The molecule has 3 heteroatoms. The van der Waals surface area contributed by atoms with Gasteiger partial charge in [-0.2, -0.15) is 5.26 Å². The molecule has 1 rings (SSSR count). The highest BCUT2D eigenvalue weighted by Gasteiger charge is 2.19. The quantitative estimate of drug-likeness (QED) is 0.798. The third-order valence-corrected chi connectivity index (χ3v) is 1.98. The predicted octanol–water partition coefficient (Wildman–Crippen LogP) is 1.87. The molecular weight excluding hydrogens is 190 g/mol. The van der Waals surface area contributed by atoms with Crippen molar-refractivity contribution in [1.82, 2.24) is 0 Å². The Balaban J connectivity index is 2.31. The van der Waals surface area contributed by atoms with E-state index in [4.69, 9.17) is 10.00 Å². The van der Waals surface area contributed by atoms with Crippen LogP contribution in [-0.2, 0) is 11.3 Å². The zero-order chi connectivity index (χ0) is 11.1. The molecule has 0 aromatic heterocycles. The van der Waals surface area contributed by atoms with Crippen LogP contribution in [0.5, 0.6) is 0 Å². The molecule has 0 radical (unpaired) electrons. The van der Waals surface area contributed by atoms with Gasteiger partial charge < -0.3 is 9.84 Å². The van der Waals surface area contributed by atoms with Gasteiger partial charge in [0.05, 0.1) is 31.3 Å². The fourth-order valence-electron chi connectivity index (χ4n) is 1.18. The SMILES string of the molecule is CC(O)(CC#N)COCc1ccccc1. The average molecular weight is 205 g/mol. The molecule has 3 nitrogen and oxygen atoms in total. The van der Waals surface area contributed by atoms with Gasteiger partial charge in [-0.15, -0.1) is 0 Å². The van der Waals surface area contributed by atoms with E-state index in [1.54, 1.807) is 6.92 Å². The Hall–Kier alpha value is -1.37. The highest BCUT2D eigenvalue weighted by Crippen LogP contribution is 2.10. The van der Waals surface area contributed by atoms with Gasteiger partial charge in [-0.3, -0.25) is 0 Å². The zero-order valence-electron chi connectivity index (χ0n) is 8.81. The Morgan fingerprint density at radius 1 is 1.40 bits per heavy atom. The van der Waals surface area contributed by atoms with Gasteiger partial charge in [0.2, 0.25) is 0 Å². The third-order valence-electron chi connectivity index (χ3n) is 1.98. The van der Waals surface area contributed by atoms with Crippen LogP contribution in [0.4, 0.5) is 0 Å². The molecule has 0 saturated carbocycles. The summed E-state index contributed by atoms with van der Waals surface area (Å²) in [4.78, 5) is 0. The van der Waals surface area contributed by atoms with Crippen LogP contribution in [0.25, 0.3) is 0 Å². The Labute approximate surface area is 89.9 Å². The van der Waals surface area contributed by atoms with Crippen LogP contribution in [0.2, 0.25) is 0 Å². The molecule has 1 aromatic rings. The average Bonchev–Trinajstić information content (AvgIpc) is 2.19. The van der Waals surface area contributed by atoms with Gasteiger partial charge in [-0.1, -0.05) is 30.3 Å². The summed E-state index contributed by atoms with van der Waals surface area (Å²) in [5.74, 6) is 0. The lowest BCUT2D eigenvalue weighted by Gasteiger charge is -2.19. The summed E-state index contributed by atoms with van der Waals surface area (Å²) in [6.07, 6.45) is 0.0851. The molecule has 0 aliphatic heterocycles. The molecule has 0 spiro atoms. The summed E-state index contributed by atoms with van der Waals surface area (Å²) >= 11 is 0. The van der Waals surface area contributed by atoms with Crippen LogP contribution in [-0.4, -0.2) is 17.3 Å². The molecule has 0 aliphatic carbocycles. The Morgan fingerprint density at radius 3 is 2.67 bits per heavy atom. The van der Waals surface area contributed by atoms with Gasteiger partial charge >= 0.3 is 0 Å². The minimum atomic E-state index is -1.05. The first-order chi connectivity index (χ1) is 7.14. The first-order valence-corrected chi connectivity index (χ1v) is 4.85. The lowest BCUT2D eigenvalue weighted by atomic mass is 10.1. The summed E-state index contributed by atoms with van der Waals surface area (Å²) in [5.41, 5.74) is 0.00837. The number of nitrogens with zero attached hydrogens (tertiary/aromatic N) is 1. The van der Waals surface area contributed by atoms with Crippen molar-refractivity contribution in [2.45, 2.75) is 25.6 Å². The molecule has 15 heavy (non-hydrogen) atoms. The van der Waals surface area contributed by atoms with E-state index in [1.165, 1.54) is 0 Å². The van der Waals surface area contributed by atoms with Crippen LogP contribution >= 0.6 is 0 Å². The van der Waals surface area contributed by atoms with Crippen molar-refractivity contribution in [1.29, 1.82) is 5.26 Å². The van der Waals surface area contributed by atoms with E-state index in [0.717, 1.165) is 5.56 Å². The van der Waals surface area contributed by atoms with Crippen LogP contribution in [0, 0.1) is 11.3 Å². The van der Waals surface area contributed by atoms with Crippen molar-refractivity contribution in [2.24, 2.45) is 0 Å². The van der Waals surface area contributed by atoms with E-state index < -0.39 is 5.60 Å². The topological polar surface area (TPSA) is 53.2 Å². The van der Waals surface area contributed by atoms with Crippen molar-refractivity contribution in [3.63, 3.8) is 0 Å². The van der Waals surface area contributed by atoms with Gasteiger partial charge in [-0.25, -0.2) is 0 Å². The minimum Gasteiger partial charge on any atom is -0.387 e. The highest BCUT2D eigenvalue weighted by molar-refractivity contribution is 5.13. The summed E-state index contributed by atoms with van der Waals surface area (Å²) in [6.45, 7) is 2.24. The predicted molar refractivity (Wildman–Crippen MR) is 57.0 cm³/mol. The maximum atomic E-state index is 9.64. The van der Waals surface area contributed by atoms with Crippen molar-refractivity contribution in [3.8, 4) is 6.07 Å². The molecule has 1 N–H and O–H groups in total. The van der Waals surface area contributed by atoms with Gasteiger partial charge in [0, 0.05) is 0 Å². The Morgan fingerprint density at radius 2 is 2.07 bits per heavy atom. The van der Waals surface area contributed by atoms with E-state index in [1.807, 2.05) is 36.4 Å². The Bertz CT molecular complexity index is 327. The highest BCUT2D eigenvalue weighted by atomic mass is 16.5. The number of nitriles is 1. The van der Waals surface area contributed by atoms with Gasteiger partial charge in [0.25, 0.3) is 0 Å². The molecule has 1 atom stereocenters. The molecule has 0 amide bonds. The maximum Gasteiger partial charge on any atom is 0.0981 e. The molecule has 1 aromatic carbocycles. The second-order valence-corrected chi connectivity index (χ2v) is 3.81. The summed E-state index contributed by atoms with van der Waals surface area (Å²) in [7, 11) is 0. The summed E-state index contributed by atoms with van der Waals surface area (Å²) in [5, 5.41) is 18.1. The van der Waals surface area contributed by atoms with Crippen molar-refractivity contribution >= 4 is 0 Å². The van der Waals surface area contributed by atoms with Gasteiger partial charge in [0.15, 0.2) is 0 Å². The van der Waals surface area contributed by atoms with Crippen molar-refractivity contribution in [2.75, 3.05) is 6.61 Å². The normalized spacial score (nSPS) is 14.2. The monoisotopic (exact) mass is 205 g/mol. The Kier molecular flexibility index (Phi) is 4.29. The van der Waals surface area contributed by atoms with Crippen LogP contribution < -0.4 is 0 Å². The van der Waals surface area contributed by atoms with Crippen LogP contribution in [0.1, 0.15) is 18.9 Å². The number of hydrogen-bond acceptors (Lipinski definition) is 3. The number of ether oxygens (including phenoxy) is 1.